The summed E-state index contributed by atoms with van der Waals surface area (Å²) in [7, 11) is 0. The Labute approximate surface area is 416 Å². The third-order valence-corrected chi connectivity index (χ3v) is 12.5. The monoisotopic (exact) mass is 898 g/mol. The highest BCUT2D eigenvalue weighted by Gasteiger charge is 2.29. The number of rotatable bonds is 9. The lowest BCUT2D eigenvalue weighted by atomic mass is 9.78. The average molecular weight is 899 g/mol. The molecule has 12 rings (SSSR count). The number of aromatic nitrogens is 4. The van der Waals surface area contributed by atoms with Crippen molar-refractivity contribution in [3.05, 3.63) is 248 Å². The van der Waals surface area contributed by atoms with E-state index >= 15 is 0 Å². The van der Waals surface area contributed by atoms with Gasteiger partial charge in [-0.15, -0.1) is 0 Å². The summed E-state index contributed by atoms with van der Waals surface area (Å²) in [5.74, 6) is 1.86. The molecule has 3 heterocycles. The molecule has 0 aliphatic rings. The zero-order valence-electron chi connectivity index (χ0n) is 47.9. The number of hydrogen-bond donors (Lipinski definition) is 0. The van der Waals surface area contributed by atoms with Gasteiger partial charge in [0.05, 0.1) is 47.1 Å². The van der Waals surface area contributed by atoms with Crippen LogP contribution in [0, 0.1) is 6.33 Å². The molecule has 0 N–H and O–H groups in total. The van der Waals surface area contributed by atoms with Crippen molar-refractivity contribution in [1.29, 1.82) is 0 Å². The van der Waals surface area contributed by atoms with Crippen LogP contribution in [0.2, 0.25) is 0 Å². The van der Waals surface area contributed by atoms with Gasteiger partial charge < -0.3 is 4.74 Å². The number of imidazole rings is 1. The first kappa shape index (κ1) is 32.0. The Morgan fingerprint density at radius 3 is 1.81 bits per heavy atom. The molecule has 12 aromatic rings. The van der Waals surface area contributed by atoms with Gasteiger partial charge in [0.1, 0.15) is 17.3 Å². The zero-order valence-corrected chi connectivity index (χ0v) is 37.9. The first-order chi connectivity index (χ1) is 38.0. The maximum atomic E-state index is 9.07. The van der Waals surface area contributed by atoms with E-state index < -0.39 is 60.4 Å². The average Bonchev–Trinajstić information content (AvgIpc) is 4.26. The molecule has 3 aromatic heterocycles. The minimum absolute atomic E-state index is 0.134. The van der Waals surface area contributed by atoms with Gasteiger partial charge in [-0.05, 0) is 80.8 Å². The SMILES string of the molecule is [2H]c1c([2H])c([2H])c(-c2cccc(-c3c([2H])c([2H])c([2H])c([2H])c3[2H])c2-[n+]2[c-]n(-c3cccc(Oc4ccc5c6ccccc6n(-c6ncc(-c7ccccc7)c(C(C)(C)C)c6-c6ccccc6)c5c4)c3)c3ccccc32)c([2H])c1[2H]. The molecule has 9 aromatic carbocycles. The molecule has 0 saturated heterocycles. The summed E-state index contributed by atoms with van der Waals surface area (Å²) in [4.78, 5) is 5.37. The highest BCUT2D eigenvalue weighted by molar-refractivity contribution is 6.10. The molecule has 0 radical (unpaired) electrons. The van der Waals surface area contributed by atoms with Crippen LogP contribution in [0.4, 0.5) is 0 Å². The molecule has 330 valence electrons. The van der Waals surface area contributed by atoms with Crippen LogP contribution < -0.4 is 9.30 Å². The molecular formula is C64H48N4O. The van der Waals surface area contributed by atoms with Gasteiger partial charge in [-0.3, -0.25) is 13.7 Å². The van der Waals surface area contributed by atoms with E-state index in [9.17, 15) is 0 Å². The van der Waals surface area contributed by atoms with E-state index in [0.29, 0.717) is 28.2 Å². The molecule has 0 aliphatic carbocycles. The predicted molar refractivity (Wildman–Crippen MR) is 283 cm³/mol. The number of benzene rings is 9. The Kier molecular flexibility index (Phi) is 7.94. The van der Waals surface area contributed by atoms with Crippen LogP contribution in [-0.2, 0) is 5.41 Å². The summed E-state index contributed by atoms with van der Waals surface area (Å²) in [5.41, 5.74) is 9.01. The number of hydrogen-bond acceptors (Lipinski definition) is 2. The molecule has 5 heteroatoms. The molecule has 0 unspecified atom stereocenters. The minimum Gasteiger partial charge on any atom is -0.458 e. The van der Waals surface area contributed by atoms with Gasteiger partial charge in [-0.1, -0.05) is 209 Å². The fourth-order valence-corrected chi connectivity index (χ4v) is 9.60. The van der Waals surface area contributed by atoms with Crippen molar-refractivity contribution in [2.24, 2.45) is 0 Å². The van der Waals surface area contributed by atoms with E-state index in [0.717, 1.165) is 49.9 Å². The Hall–Kier alpha value is -8.80. The Morgan fingerprint density at radius 1 is 0.522 bits per heavy atom. The van der Waals surface area contributed by atoms with Crippen molar-refractivity contribution in [1.82, 2.24) is 14.1 Å². The second-order valence-corrected chi connectivity index (χ2v) is 17.8. The number of pyridine rings is 1. The second kappa shape index (κ2) is 17.1. The fourth-order valence-electron chi connectivity index (χ4n) is 9.60. The van der Waals surface area contributed by atoms with Crippen LogP contribution >= 0.6 is 0 Å². The summed E-state index contributed by atoms with van der Waals surface area (Å²) in [6.07, 6.45) is 5.47. The quantitative estimate of drug-likeness (QED) is 0.107. The van der Waals surface area contributed by atoms with Crippen LogP contribution in [0.1, 0.15) is 40.0 Å². The third kappa shape index (κ3) is 7.45. The molecule has 0 atom stereocenters. The van der Waals surface area contributed by atoms with E-state index in [1.165, 1.54) is 5.56 Å². The van der Waals surface area contributed by atoms with Gasteiger partial charge in [0.25, 0.3) is 6.33 Å². The molecule has 0 spiro atoms. The van der Waals surface area contributed by atoms with Crippen molar-refractivity contribution >= 4 is 32.8 Å². The summed E-state index contributed by atoms with van der Waals surface area (Å²) in [6, 6.07) is 49.7. The summed E-state index contributed by atoms with van der Waals surface area (Å²) in [5, 5.41) is 2.08. The summed E-state index contributed by atoms with van der Waals surface area (Å²) in [6.45, 7) is 6.74. The molecule has 0 bridgehead atoms. The smallest absolute Gasteiger partial charge is 0.269 e. The maximum Gasteiger partial charge on any atom is 0.269 e. The Balaban J connectivity index is 1.03. The van der Waals surface area contributed by atoms with E-state index in [2.05, 4.69) is 98.4 Å². The topological polar surface area (TPSA) is 35.9 Å². The standard InChI is InChI=1S/C64H48N4O/c1-64(2,3)61-55(46-26-12-6-13-27-46)42-65-63(60(61)47-28-14-7-15-29-47)68-56-35-17-16-32-53(56)54-39-38-50(41-59(54)68)69-49-31-20-30-48(40-49)66-43-67(58-37-19-18-36-57(58)66)62-51(44-22-8-4-9-23-44)33-21-34-52(62)45-24-10-5-11-25-45/h4-42H,1-3H3/i4D,5D,8D,9D,10D,11D,22D,23D,24D,25D. The van der Waals surface area contributed by atoms with Gasteiger partial charge >= 0.3 is 0 Å². The molecule has 0 amide bonds. The van der Waals surface area contributed by atoms with Gasteiger partial charge in [-0.25, -0.2) is 4.98 Å². The summed E-state index contributed by atoms with van der Waals surface area (Å²) < 4.78 is 100. The highest BCUT2D eigenvalue weighted by Crippen LogP contribution is 2.45. The van der Waals surface area contributed by atoms with Crippen molar-refractivity contribution < 1.29 is 23.0 Å². The number of nitrogens with zero attached hydrogens (tertiary/aromatic N) is 4. The first-order valence-corrected chi connectivity index (χ1v) is 22.7. The van der Waals surface area contributed by atoms with Crippen LogP contribution in [0.25, 0.3) is 94.5 Å². The minimum atomic E-state index is -0.569. The van der Waals surface area contributed by atoms with Crippen LogP contribution in [0.15, 0.2) is 236 Å². The van der Waals surface area contributed by atoms with Gasteiger partial charge in [0.2, 0.25) is 0 Å². The number of fused-ring (bicyclic) bond motifs is 4. The Bertz CT molecular complexity index is 4310. The maximum absolute atomic E-state index is 9.07. The molecule has 0 fully saturated rings. The van der Waals surface area contributed by atoms with Crippen molar-refractivity contribution in [2.75, 3.05) is 0 Å². The van der Waals surface area contributed by atoms with E-state index in [1.807, 2.05) is 91.1 Å². The molecule has 0 saturated carbocycles. The zero-order chi connectivity index (χ0) is 55.2. The first-order valence-electron chi connectivity index (χ1n) is 27.7. The van der Waals surface area contributed by atoms with E-state index in [-0.39, 0.29) is 33.4 Å². The number of para-hydroxylation sites is 4. The lowest BCUT2D eigenvalue weighted by Crippen LogP contribution is -2.31. The van der Waals surface area contributed by atoms with Gasteiger partial charge in [-0.2, -0.15) is 0 Å². The molecular weight excluding hydrogens is 841 g/mol. The largest absolute Gasteiger partial charge is 0.458 e. The van der Waals surface area contributed by atoms with Crippen molar-refractivity contribution in [3.63, 3.8) is 0 Å². The van der Waals surface area contributed by atoms with Crippen LogP contribution in [0.5, 0.6) is 11.5 Å². The van der Waals surface area contributed by atoms with Gasteiger partial charge in [0, 0.05) is 34.2 Å². The summed E-state index contributed by atoms with van der Waals surface area (Å²) >= 11 is 0. The second-order valence-electron chi connectivity index (χ2n) is 17.8. The van der Waals surface area contributed by atoms with Crippen LogP contribution in [0.3, 0.4) is 0 Å². The van der Waals surface area contributed by atoms with Crippen molar-refractivity contribution in [3.8, 4) is 73.2 Å². The van der Waals surface area contributed by atoms with E-state index in [1.54, 1.807) is 27.3 Å². The van der Waals surface area contributed by atoms with Crippen LogP contribution in [-0.4, -0.2) is 14.1 Å². The molecule has 69 heavy (non-hydrogen) atoms. The predicted octanol–water partition coefficient (Wildman–Crippen LogP) is 16.0. The normalized spacial score (nSPS) is 13.7. The molecule has 5 nitrogen and oxygen atoms in total. The van der Waals surface area contributed by atoms with Crippen molar-refractivity contribution in [2.45, 2.75) is 26.2 Å². The van der Waals surface area contributed by atoms with E-state index in [4.69, 9.17) is 23.4 Å². The highest BCUT2D eigenvalue weighted by atomic mass is 16.5. The fraction of sp³-hybridized carbons (Fsp3) is 0.0625. The molecule has 0 aliphatic heterocycles. The lowest BCUT2D eigenvalue weighted by Gasteiger charge is -2.29. The Morgan fingerprint density at radius 2 is 1.12 bits per heavy atom. The third-order valence-electron chi connectivity index (χ3n) is 12.5. The van der Waals surface area contributed by atoms with Gasteiger partial charge in [0.15, 0.2) is 0 Å². The number of ether oxygens (including phenoxy) is 1. The lowest BCUT2D eigenvalue weighted by molar-refractivity contribution is -0.571.